The number of halogens is 1. The molecule has 4 aromatic rings. The normalized spacial score (nSPS) is 16.6. The number of nitrogens with zero attached hydrogens (tertiary/aromatic N) is 4. The van der Waals surface area contributed by atoms with E-state index in [2.05, 4.69) is 15.0 Å². The lowest BCUT2D eigenvalue weighted by Crippen LogP contribution is -2.41. The van der Waals surface area contributed by atoms with E-state index in [0.717, 1.165) is 22.3 Å². The molecular formula is C22H20FN5O2. The Bertz CT molecular complexity index is 1240. The lowest BCUT2D eigenvalue weighted by Gasteiger charge is -2.34. The molecule has 0 saturated carbocycles. The number of nitrogens with one attached hydrogen (secondary N) is 1. The van der Waals surface area contributed by atoms with Crippen LogP contribution in [-0.4, -0.2) is 37.3 Å². The van der Waals surface area contributed by atoms with Gasteiger partial charge in [0.2, 0.25) is 11.7 Å². The summed E-state index contributed by atoms with van der Waals surface area (Å²) in [6.45, 7) is 3.12. The van der Waals surface area contributed by atoms with Crippen LogP contribution < -0.4 is 0 Å². The number of H-pyrrole nitrogens is 1. The van der Waals surface area contributed by atoms with Gasteiger partial charge in [-0.2, -0.15) is 0 Å². The van der Waals surface area contributed by atoms with E-state index in [-0.39, 0.29) is 17.6 Å². The average Bonchev–Trinajstić information content (AvgIpc) is 3.41. The van der Waals surface area contributed by atoms with Crippen molar-refractivity contribution < 1.29 is 13.6 Å². The van der Waals surface area contributed by atoms with Gasteiger partial charge < -0.3 is 14.3 Å². The maximum absolute atomic E-state index is 14.2. The van der Waals surface area contributed by atoms with Gasteiger partial charge in [0.15, 0.2) is 5.67 Å². The molecule has 0 radical (unpaired) electrons. The lowest BCUT2D eigenvalue weighted by atomic mass is 9.98. The van der Waals surface area contributed by atoms with E-state index in [1.807, 2.05) is 36.4 Å². The third-order valence-corrected chi connectivity index (χ3v) is 5.31. The van der Waals surface area contributed by atoms with E-state index in [0.29, 0.717) is 18.7 Å². The van der Waals surface area contributed by atoms with Gasteiger partial charge in [-0.15, -0.1) is 0 Å². The number of hydrogen-bond acceptors (Lipinski definition) is 5. The molecule has 8 heteroatoms. The van der Waals surface area contributed by atoms with Gasteiger partial charge in [-0.25, -0.2) is 14.4 Å². The maximum Gasteiger partial charge on any atom is 0.292 e. The molecule has 0 fully saturated rings. The van der Waals surface area contributed by atoms with Gasteiger partial charge >= 0.3 is 0 Å². The highest BCUT2D eigenvalue weighted by molar-refractivity contribution is 5.92. The summed E-state index contributed by atoms with van der Waals surface area (Å²) in [5, 5.41) is 1.02. The maximum atomic E-state index is 14.2. The number of carbonyl (C=O) groups excluding carboxylic acids is 1. The molecule has 1 amide bonds. The van der Waals surface area contributed by atoms with Crippen molar-refractivity contribution in [1.82, 2.24) is 24.8 Å². The van der Waals surface area contributed by atoms with Crippen molar-refractivity contribution in [1.29, 1.82) is 0 Å². The fourth-order valence-corrected chi connectivity index (χ4v) is 3.82. The van der Waals surface area contributed by atoms with Crippen LogP contribution in [0.2, 0.25) is 0 Å². The first kappa shape index (κ1) is 18.5. The Labute approximate surface area is 172 Å². The summed E-state index contributed by atoms with van der Waals surface area (Å²) in [7, 11) is 0. The number of fused-ring (bicyclic) bond motifs is 2. The number of aromatic nitrogens is 4. The summed E-state index contributed by atoms with van der Waals surface area (Å²) < 4.78 is 19.6. The number of pyridine rings is 1. The van der Waals surface area contributed by atoms with Crippen LogP contribution in [-0.2, 0) is 12.1 Å². The smallest absolute Gasteiger partial charge is 0.292 e. The molecule has 1 atom stereocenters. The van der Waals surface area contributed by atoms with Crippen molar-refractivity contribution in [3.8, 4) is 0 Å². The third-order valence-electron chi connectivity index (χ3n) is 5.31. The van der Waals surface area contributed by atoms with Crippen LogP contribution in [0.25, 0.3) is 10.9 Å². The predicted octanol–water partition coefficient (Wildman–Crippen LogP) is 3.94. The van der Waals surface area contributed by atoms with Crippen molar-refractivity contribution in [2.75, 3.05) is 6.54 Å². The average molecular weight is 405 g/mol. The Morgan fingerprint density at radius 1 is 1.23 bits per heavy atom. The topological polar surface area (TPSA) is 87.9 Å². The summed E-state index contributed by atoms with van der Waals surface area (Å²) in [4.78, 5) is 31.4. The number of carbonyl (C=O) groups is 1. The Kier molecular flexibility index (Phi) is 4.16. The summed E-state index contributed by atoms with van der Waals surface area (Å²) in [5.74, 6) is -0.490. The Hall–Kier alpha value is -3.55. The molecule has 0 aliphatic carbocycles. The van der Waals surface area contributed by atoms with Crippen LogP contribution in [0.15, 0.2) is 53.3 Å². The molecule has 152 valence electrons. The Balaban J connectivity index is 1.58. The summed E-state index contributed by atoms with van der Waals surface area (Å²) in [6.07, 6.45) is 3.54. The molecule has 5 rings (SSSR count). The molecule has 1 aliphatic rings. The number of para-hydroxylation sites is 1. The number of rotatable bonds is 3. The van der Waals surface area contributed by atoms with Crippen LogP contribution in [0.4, 0.5) is 4.39 Å². The van der Waals surface area contributed by atoms with Gasteiger partial charge in [0.05, 0.1) is 29.4 Å². The van der Waals surface area contributed by atoms with Crippen LogP contribution in [0.5, 0.6) is 0 Å². The summed E-state index contributed by atoms with van der Waals surface area (Å²) in [5.41, 5.74) is 1.51. The standard InChI is InChI=1S/C22H20FN5O2/c1-22(2,23)21-24-11-17(30-21)20(29)28-10-9-15-18(26-12-25-15)19(28)16-8-7-13-5-3-4-6-14(13)27-16/h3-8,11-12,19H,9-10H2,1-2H3,(H,25,26)/t19-/m1/s1. The molecule has 0 saturated heterocycles. The minimum absolute atomic E-state index is 0.000463. The SMILES string of the molecule is CC(C)(F)c1ncc(C(=O)N2CCc3[nH]cnc3[C@H]2c2ccc3ccccc3n2)o1. The highest BCUT2D eigenvalue weighted by atomic mass is 19.1. The van der Waals surface area contributed by atoms with E-state index in [9.17, 15) is 9.18 Å². The number of hydrogen-bond donors (Lipinski definition) is 1. The minimum atomic E-state index is -1.77. The van der Waals surface area contributed by atoms with E-state index in [1.165, 1.54) is 20.0 Å². The molecule has 0 spiro atoms. The number of oxazole rings is 1. The second-order valence-electron chi connectivity index (χ2n) is 7.85. The quantitative estimate of drug-likeness (QED) is 0.558. The van der Waals surface area contributed by atoms with Gasteiger partial charge in [-0.3, -0.25) is 9.78 Å². The zero-order chi connectivity index (χ0) is 20.9. The second-order valence-corrected chi connectivity index (χ2v) is 7.85. The molecular weight excluding hydrogens is 385 g/mol. The van der Waals surface area contributed by atoms with E-state index in [4.69, 9.17) is 9.40 Å². The van der Waals surface area contributed by atoms with Crippen molar-refractivity contribution in [2.24, 2.45) is 0 Å². The number of imidazole rings is 1. The monoisotopic (exact) mass is 405 g/mol. The molecule has 0 bridgehead atoms. The van der Waals surface area contributed by atoms with Crippen LogP contribution in [0.3, 0.4) is 0 Å². The summed E-state index contributed by atoms with van der Waals surface area (Å²) >= 11 is 0. The number of benzene rings is 1. The Morgan fingerprint density at radius 2 is 2.07 bits per heavy atom. The van der Waals surface area contributed by atoms with Crippen molar-refractivity contribution >= 4 is 16.8 Å². The molecule has 1 aromatic carbocycles. The zero-order valence-electron chi connectivity index (χ0n) is 16.6. The van der Waals surface area contributed by atoms with Gasteiger partial charge in [-0.05, 0) is 26.0 Å². The van der Waals surface area contributed by atoms with Gasteiger partial charge in [0.1, 0.15) is 6.04 Å². The predicted molar refractivity (Wildman–Crippen MR) is 108 cm³/mol. The Morgan fingerprint density at radius 3 is 2.87 bits per heavy atom. The largest absolute Gasteiger partial charge is 0.432 e. The molecule has 3 aromatic heterocycles. The third kappa shape index (κ3) is 3.04. The molecule has 7 nitrogen and oxygen atoms in total. The molecule has 0 unspecified atom stereocenters. The van der Waals surface area contributed by atoms with Crippen LogP contribution >= 0.6 is 0 Å². The van der Waals surface area contributed by atoms with E-state index >= 15 is 0 Å². The number of amides is 1. The van der Waals surface area contributed by atoms with E-state index in [1.54, 1.807) is 11.2 Å². The number of aromatic amines is 1. The highest BCUT2D eigenvalue weighted by Crippen LogP contribution is 2.35. The second kappa shape index (κ2) is 6.76. The van der Waals surface area contributed by atoms with Crippen LogP contribution in [0, 0.1) is 0 Å². The minimum Gasteiger partial charge on any atom is -0.432 e. The molecule has 1 N–H and O–H groups in total. The first-order valence-electron chi connectivity index (χ1n) is 9.76. The zero-order valence-corrected chi connectivity index (χ0v) is 16.6. The van der Waals surface area contributed by atoms with Crippen molar-refractivity contribution in [3.63, 3.8) is 0 Å². The highest BCUT2D eigenvalue weighted by Gasteiger charge is 2.37. The number of alkyl halides is 1. The van der Waals surface area contributed by atoms with Gasteiger partial charge in [0.25, 0.3) is 5.91 Å². The fourth-order valence-electron chi connectivity index (χ4n) is 3.82. The van der Waals surface area contributed by atoms with Crippen molar-refractivity contribution in [3.05, 3.63) is 77.7 Å². The first-order valence-corrected chi connectivity index (χ1v) is 9.76. The first-order chi connectivity index (χ1) is 14.4. The van der Waals surface area contributed by atoms with Gasteiger partial charge in [-0.1, -0.05) is 24.3 Å². The lowest BCUT2D eigenvalue weighted by molar-refractivity contribution is 0.0644. The molecule has 4 heterocycles. The van der Waals surface area contributed by atoms with Gasteiger partial charge in [0, 0.05) is 24.0 Å². The fraction of sp³-hybridized carbons (Fsp3) is 0.273. The summed E-state index contributed by atoms with van der Waals surface area (Å²) in [6, 6.07) is 11.2. The van der Waals surface area contributed by atoms with E-state index < -0.39 is 11.7 Å². The van der Waals surface area contributed by atoms with Crippen LogP contribution in [0.1, 0.15) is 53.4 Å². The van der Waals surface area contributed by atoms with Crippen molar-refractivity contribution in [2.45, 2.75) is 32.0 Å². The molecule has 1 aliphatic heterocycles. The molecule has 30 heavy (non-hydrogen) atoms.